The largest absolute Gasteiger partial charge is 0.488 e. The van der Waals surface area contributed by atoms with E-state index in [2.05, 4.69) is 6.07 Å². The van der Waals surface area contributed by atoms with E-state index in [4.69, 9.17) is 16.3 Å². The van der Waals surface area contributed by atoms with Gasteiger partial charge in [-0.1, -0.05) is 29.8 Å². The zero-order chi connectivity index (χ0) is 14.8. The first-order valence-corrected chi connectivity index (χ1v) is 7.51. The summed E-state index contributed by atoms with van der Waals surface area (Å²) in [6.45, 7) is 0.325. The molecule has 0 fully saturated rings. The number of carbonyl (C=O) groups is 1. The summed E-state index contributed by atoms with van der Waals surface area (Å²) in [7, 11) is 0. The molecule has 0 unspecified atom stereocenters. The Morgan fingerprint density at radius 2 is 2.05 bits per heavy atom. The number of ether oxygens (including phenoxy) is 1. The number of thiophene rings is 1. The highest BCUT2D eigenvalue weighted by Crippen LogP contribution is 2.28. The number of carboxylic acid groups (broad SMARTS) is 1. The lowest BCUT2D eigenvalue weighted by Gasteiger charge is -2.09. The van der Waals surface area contributed by atoms with Gasteiger partial charge in [0.05, 0.1) is 0 Å². The summed E-state index contributed by atoms with van der Waals surface area (Å²) in [6.07, 6.45) is 0. The fourth-order valence-corrected chi connectivity index (χ4v) is 3.21. The van der Waals surface area contributed by atoms with Gasteiger partial charge in [0.2, 0.25) is 0 Å². The van der Waals surface area contributed by atoms with E-state index in [0.29, 0.717) is 17.4 Å². The van der Waals surface area contributed by atoms with Crippen molar-refractivity contribution in [2.75, 3.05) is 0 Å². The molecule has 0 saturated carbocycles. The number of halogens is 1. The van der Waals surface area contributed by atoms with E-state index in [1.54, 1.807) is 23.5 Å². The fraction of sp³-hybridized carbons (Fsp3) is 0.0625. The first-order valence-electron chi connectivity index (χ1n) is 6.26. The molecular formula is C16H11ClO3S. The van der Waals surface area contributed by atoms with Crippen LogP contribution in [0.1, 0.15) is 15.9 Å². The number of hydrogen-bond donors (Lipinski definition) is 1. The molecular weight excluding hydrogens is 308 g/mol. The van der Waals surface area contributed by atoms with Gasteiger partial charge in [0.1, 0.15) is 17.9 Å². The zero-order valence-electron chi connectivity index (χ0n) is 10.9. The molecule has 0 atom stereocenters. The molecule has 5 heteroatoms. The quantitative estimate of drug-likeness (QED) is 0.749. The van der Waals surface area contributed by atoms with Crippen LogP contribution in [0.3, 0.4) is 0 Å². The zero-order valence-corrected chi connectivity index (χ0v) is 12.4. The second-order valence-corrected chi connectivity index (χ2v) is 5.84. The van der Waals surface area contributed by atoms with Gasteiger partial charge in [0.25, 0.3) is 0 Å². The Hall–Kier alpha value is -2.04. The molecule has 0 amide bonds. The molecule has 3 aromatic rings. The second kappa shape index (κ2) is 5.76. The van der Waals surface area contributed by atoms with Crippen LogP contribution in [0.5, 0.6) is 5.75 Å². The van der Waals surface area contributed by atoms with Gasteiger partial charge in [-0.05, 0) is 35.0 Å². The van der Waals surface area contributed by atoms with Gasteiger partial charge in [0, 0.05) is 15.3 Å². The van der Waals surface area contributed by atoms with Crippen LogP contribution in [0.15, 0.2) is 47.8 Å². The summed E-state index contributed by atoms with van der Waals surface area (Å²) < 4.78 is 6.86. The van der Waals surface area contributed by atoms with Gasteiger partial charge >= 0.3 is 5.97 Å². The number of hydrogen-bond acceptors (Lipinski definition) is 3. The minimum atomic E-state index is -1.05. The Labute approximate surface area is 130 Å². The van der Waals surface area contributed by atoms with Crippen molar-refractivity contribution in [1.82, 2.24) is 0 Å². The molecule has 1 heterocycles. The summed E-state index contributed by atoms with van der Waals surface area (Å²) in [5, 5.41) is 12.7. The third-order valence-electron chi connectivity index (χ3n) is 3.12. The third-order valence-corrected chi connectivity index (χ3v) is 4.36. The lowest BCUT2D eigenvalue weighted by atomic mass is 10.2. The Balaban J connectivity index is 1.87. The Kier molecular flexibility index (Phi) is 3.82. The van der Waals surface area contributed by atoms with Crippen LogP contribution in [0.25, 0.3) is 10.1 Å². The summed E-state index contributed by atoms with van der Waals surface area (Å²) in [6, 6.07) is 12.6. The first kappa shape index (κ1) is 13.9. The molecule has 21 heavy (non-hydrogen) atoms. The first-order chi connectivity index (χ1) is 10.1. The highest BCUT2D eigenvalue weighted by Gasteiger charge is 2.13. The van der Waals surface area contributed by atoms with Crippen molar-refractivity contribution in [3.63, 3.8) is 0 Å². The number of rotatable bonds is 4. The SMILES string of the molecule is O=C(O)c1cc(Cl)ccc1OCc1csc2ccccc12. The van der Waals surface area contributed by atoms with Crippen molar-refractivity contribution in [3.8, 4) is 5.75 Å². The minimum Gasteiger partial charge on any atom is -0.488 e. The summed E-state index contributed by atoms with van der Waals surface area (Å²) >= 11 is 7.47. The monoisotopic (exact) mass is 318 g/mol. The van der Waals surface area contributed by atoms with Crippen LogP contribution in [0, 0.1) is 0 Å². The summed E-state index contributed by atoms with van der Waals surface area (Å²) in [4.78, 5) is 11.2. The molecule has 0 saturated heterocycles. The Bertz CT molecular complexity index is 810. The van der Waals surface area contributed by atoms with Gasteiger partial charge in [-0.3, -0.25) is 0 Å². The number of fused-ring (bicyclic) bond motifs is 1. The van der Waals surface area contributed by atoms with Gasteiger partial charge in [0.15, 0.2) is 0 Å². The van der Waals surface area contributed by atoms with E-state index in [0.717, 1.165) is 10.9 Å². The molecule has 0 radical (unpaired) electrons. The topological polar surface area (TPSA) is 46.5 Å². The van der Waals surface area contributed by atoms with Crippen molar-refractivity contribution in [1.29, 1.82) is 0 Å². The van der Waals surface area contributed by atoms with Crippen molar-refractivity contribution in [2.24, 2.45) is 0 Å². The minimum absolute atomic E-state index is 0.0713. The normalized spacial score (nSPS) is 10.7. The Morgan fingerprint density at radius 1 is 1.24 bits per heavy atom. The van der Waals surface area contributed by atoms with Gasteiger partial charge in [-0.25, -0.2) is 4.79 Å². The predicted molar refractivity (Wildman–Crippen MR) is 84.6 cm³/mol. The predicted octanol–water partition coefficient (Wildman–Crippen LogP) is 4.83. The maximum Gasteiger partial charge on any atom is 0.339 e. The average molecular weight is 319 g/mol. The number of carboxylic acids is 1. The van der Waals surface area contributed by atoms with Gasteiger partial charge < -0.3 is 9.84 Å². The molecule has 0 spiro atoms. The van der Waals surface area contributed by atoms with Gasteiger partial charge in [-0.2, -0.15) is 0 Å². The van der Waals surface area contributed by atoms with E-state index >= 15 is 0 Å². The molecule has 0 aliphatic carbocycles. The summed E-state index contributed by atoms with van der Waals surface area (Å²) in [5.74, 6) is -0.732. The van der Waals surface area contributed by atoms with E-state index < -0.39 is 5.97 Å². The third kappa shape index (κ3) is 2.86. The maximum atomic E-state index is 11.2. The van der Waals surface area contributed by atoms with Crippen molar-refractivity contribution in [2.45, 2.75) is 6.61 Å². The highest BCUT2D eigenvalue weighted by molar-refractivity contribution is 7.17. The second-order valence-electron chi connectivity index (χ2n) is 4.49. The molecule has 1 aromatic heterocycles. The van der Waals surface area contributed by atoms with E-state index in [9.17, 15) is 9.90 Å². The Morgan fingerprint density at radius 3 is 2.86 bits per heavy atom. The lowest BCUT2D eigenvalue weighted by Crippen LogP contribution is -2.03. The van der Waals surface area contributed by atoms with Crippen LogP contribution in [-0.4, -0.2) is 11.1 Å². The molecule has 3 nitrogen and oxygen atoms in total. The van der Waals surface area contributed by atoms with Crippen molar-refractivity contribution >= 4 is 39.0 Å². The van der Waals surface area contributed by atoms with Crippen LogP contribution in [0.2, 0.25) is 5.02 Å². The smallest absolute Gasteiger partial charge is 0.339 e. The number of aromatic carboxylic acids is 1. The molecule has 0 bridgehead atoms. The number of benzene rings is 2. The fourth-order valence-electron chi connectivity index (χ4n) is 2.10. The molecule has 106 valence electrons. The maximum absolute atomic E-state index is 11.2. The van der Waals surface area contributed by atoms with E-state index in [-0.39, 0.29) is 5.56 Å². The van der Waals surface area contributed by atoms with E-state index in [1.807, 2.05) is 23.6 Å². The molecule has 3 rings (SSSR count). The molecule has 2 aromatic carbocycles. The molecule has 0 aliphatic heterocycles. The lowest BCUT2D eigenvalue weighted by molar-refractivity contribution is 0.0692. The molecule has 0 aliphatic rings. The summed E-state index contributed by atoms with van der Waals surface area (Å²) in [5.41, 5.74) is 1.11. The standard InChI is InChI=1S/C16H11ClO3S/c17-11-5-6-14(13(7-11)16(18)19)20-8-10-9-21-15-4-2-1-3-12(10)15/h1-7,9H,8H2,(H,18,19). The van der Waals surface area contributed by atoms with Crippen LogP contribution >= 0.6 is 22.9 Å². The van der Waals surface area contributed by atoms with Crippen molar-refractivity contribution < 1.29 is 14.6 Å². The van der Waals surface area contributed by atoms with Gasteiger partial charge in [-0.15, -0.1) is 11.3 Å². The average Bonchev–Trinajstić information content (AvgIpc) is 2.89. The van der Waals surface area contributed by atoms with Crippen LogP contribution in [-0.2, 0) is 6.61 Å². The van der Waals surface area contributed by atoms with E-state index in [1.165, 1.54) is 10.8 Å². The molecule has 1 N–H and O–H groups in total. The highest BCUT2D eigenvalue weighted by atomic mass is 35.5. The van der Waals surface area contributed by atoms with Crippen LogP contribution in [0.4, 0.5) is 0 Å². The van der Waals surface area contributed by atoms with Crippen molar-refractivity contribution in [3.05, 3.63) is 64.0 Å². The van der Waals surface area contributed by atoms with Crippen LogP contribution < -0.4 is 4.74 Å².